The third-order valence-corrected chi connectivity index (χ3v) is 8.39. The predicted molar refractivity (Wildman–Crippen MR) is 154 cm³/mol. The lowest BCUT2D eigenvalue weighted by atomic mass is 9.71. The SMILES string of the molecule is C[C@H]1C(O)Cc2ccccc2[C@H]1c1c(Cl)cc2c(N3CCN(C(N)=O)CC3)nc(OCCC(=O)N(C)C)nc2c1F. The van der Waals surface area contributed by atoms with E-state index in [-0.39, 0.29) is 47.0 Å². The second-order valence-corrected chi connectivity index (χ2v) is 11.2. The molecule has 0 saturated carbocycles. The number of fused-ring (bicyclic) bond motifs is 2. The van der Waals surface area contributed by atoms with Crippen LogP contribution in [0.1, 0.15) is 36.0 Å². The van der Waals surface area contributed by atoms with Crippen molar-refractivity contribution < 1.29 is 23.8 Å². The number of hydrogen-bond acceptors (Lipinski definition) is 7. The Morgan fingerprint density at radius 3 is 2.59 bits per heavy atom. The van der Waals surface area contributed by atoms with Gasteiger partial charge in [-0.3, -0.25) is 4.79 Å². The van der Waals surface area contributed by atoms with E-state index in [2.05, 4.69) is 9.97 Å². The molecule has 1 aliphatic heterocycles. The molecule has 10 nitrogen and oxygen atoms in total. The first-order chi connectivity index (χ1) is 19.6. The number of carbonyl (C=O) groups is 2. The maximum atomic E-state index is 16.7. The number of rotatable bonds is 6. The van der Waals surface area contributed by atoms with Crippen molar-refractivity contribution >= 4 is 40.3 Å². The van der Waals surface area contributed by atoms with Gasteiger partial charge in [-0.15, -0.1) is 0 Å². The lowest BCUT2D eigenvalue weighted by molar-refractivity contribution is -0.129. The minimum atomic E-state index is -0.670. The summed E-state index contributed by atoms with van der Waals surface area (Å²) in [5, 5.41) is 11.5. The molecule has 2 aromatic carbocycles. The van der Waals surface area contributed by atoms with E-state index in [9.17, 15) is 14.7 Å². The highest BCUT2D eigenvalue weighted by Gasteiger charge is 2.37. The number of aliphatic hydroxyl groups excluding tert-OH is 1. The van der Waals surface area contributed by atoms with Crippen molar-refractivity contribution in [1.29, 1.82) is 0 Å². The molecule has 1 saturated heterocycles. The van der Waals surface area contributed by atoms with Crippen LogP contribution >= 0.6 is 11.6 Å². The van der Waals surface area contributed by atoms with Crippen LogP contribution in [0, 0.1) is 11.7 Å². The molecule has 41 heavy (non-hydrogen) atoms. The van der Waals surface area contributed by atoms with E-state index in [1.807, 2.05) is 36.1 Å². The summed E-state index contributed by atoms with van der Waals surface area (Å²) in [6, 6.07) is 8.78. The van der Waals surface area contributed by atoms with Gasteiger partial charge in [0.25, 0.3) is 0 Å². The van der Waals surface area contributed by atoms with Crippen LogP contribution in [0.3, 0.4) is 0 Å². The molecule has 218 valence electrons. The summed E-state index contributed by atoms with van der Waals surface area (Å²) in [4.78, 5) is 37.7. The molecule has 0 radical (unpaired) electrons. The number of nitrogens with two attached hydrogens (primary N) is 1. The molecular formula is C29H34ClFN6O4. The fourth-order valence-electron chi connectivity index (χ4n) is 5.72. The topological polar surface area (TPSA) is 125 Å². The molecular weight excluding hydrogens is 551 g/mol. The van der Waals surface area contributed by atoms with E-state index in [0.29, 0.717) is 43.8 Å². The standard InChI is InChI=1S/C29H34ClFN6O4/c1-16-21(38)14-17-6-4-5-7-18(17)23(16)24-20(30)15-19-26(25(24)31)33-29(41-13-8-22(39)35(2)3)34-27(19)36-9-11-37(12-10-36)28(32)40/h4-7,15-16,21,23,38H,8-14H2,1-3H3,(H2,32,40)/t16-,21?,23-/m0/s1. The molecule has 1 aliphatic carbocycles. The Bertz CT molecular complexity index is 1480. The molecule has 0 bridgehead atoms. The van der Waals surface area contributed by atoms with Gasteiger partial charge in [-0.05, 0) is 29.5 Å². The first kappa shape index (κ1) is 28.8. The van der Waals surface area contributed by atoms with Gasteiger partial charge in [-0.2, -0.15) is 9.97 Å². The van der Waals surface area contributed by atoms with Gasteiger partial charge in [-0.1, -0.05) is 42.8 Å². The molecule has 1 fully saturated rings. The van der Waals surface area contributed by atoms with E-state index in [1.54, 1.807) is 20.2 Å². The van der Waals surface area contributed by atoms with Crippen molar-refractivity contribution in [3.63, 3.8) is 0 Å². The number of benzene rings is 2. The Morgan fingerprint density at radius 2 is 1.90 bits per heavy atom. The number of halogens is 2. The number of urea groups is 1. The van der Waals surface area contributed by atoms with Gasteiger partial charge < -0.3 is 30.3 Å². The summed E-state index contributed by atoms with van der Waals surface area (Å²) >= 11 is 6.85. The van der Waals surface area contributed by atoms with Crippen LogP contribution in [0.15, 0.2) is 30.3 Å². The maximum absolute atomic E-state index is 16.7. The fraction of sp³-hybridized carbons (Fsp3) is 0.448. The molecule has 1 aromatic heterocycles. The predicted octanol–water partition coefficient (Wildman–Crippen LogP) is 3.17. The van der Waals surface area contributed by atoms with E-state index < -0.39 is 23.9 Å². The zero-order valence-corrected chi connectivity index (χ0v) is 24.1. The Morgan fingerprint density at radius 1 is 1.20 bits per heavy atom. The fourth-order valence-corrected chi connectivity index (χ4v) is 6.03. The van der Waals surface area contributed by atoms with Crippen LogP contribution in [0.2, 0.25) is 5.02 Å². The number of amides is 3. The molecule has 3 atom stereocenters. The van der Waals surface area contributed by atoms with Crippen LogP contribution in [0.4, 0.5) is 15.0 Å². The number of primary amides is 1. The number of nitrogens with zero attached hydrogens (tertiary/aromatic N) is 5. The average Bonchev–Trinajstić information content (AvgIpc) is 2.95. The highest BCUT2D eigenvalue weighted by atomic mass is 35.5. The number of aromatic nitrogens is 2. The van der Waals surface area contributed by atoms with Crippen molar-refractivity contribution in [1.82, 2.24) is 19.8 Å². The van der Waals surface area contributed by atoms with Crippen LogP contribution in [-0.4, -0.2) is 89.8 Å². The number of ether oxygens (including phenoxy) is 1. The van der Waals surface area contributed by atoms with Gasteiger partial charge in [0.15, 0.2) is 5.82 Å². The van der Waals surface area contributed by atoms with E-state index in [4.69, 9.17) is 22.1 Å². The van der Waals surface area contributed by atoms with Gasteiger partial charge in [0.2, 0.25) is 5.91 Å². The quantitative estimate of drug-likeness (QED) is 0.456. The minimum absolute atomic E-state index is 0.0126. The average molecular weight is 585 g/mol. The molecule has 2 aliphatic rings. The molecule has 3 amide bonds. The van der Waals surface area contributed by atoms with E-state index in [1.165, 1.54) is 9.80 Å². The van der Waals surface area contributed by atoms with Crippen molar-refractivity contribution in [2.45, 2.75) is 31.8 Å². The maximum Gasteiger partial charge on any atom is 0.319 e. The number of anilines is 1. The van der Waals surface area contributed by atoms with Gasteiger partial charge >= 0.3 is 12.0 Å². The second-order valence-electron chi connectivity index (χ2n) is 10.8. The molecule has 3 aromatic rings. The Labute approximate surface area is 242 Å². The lowest BCUT2D eigenvalue weighted by Crippen LogP contribution is -2.50. The highest BCUT2D eigenvalue weighted by Crippen LogP contribution is 2.46. The van der Waals surface area contributed by atoms with Crippen molar-refractivity contribution in [2.24, 2.45) is 11.7 Å². The Kier molecular flexibility index (Phi) is 8.19. The van der Waals surface area contributed by atoms with Gasteiger partial charge in [-0.25, -0.2) is 9.18 Å². The van der Waals surface area contributed by atoms with E-state index >= 15 is 4.39 Å². The lowest BCUT2D eigenvalue weighted by Gasteiger charge is -2.37. The molecule has 5 rings (SSSR count). The Hall–Kier alpha value is -3.70. The zero-order chi connectivity index (χ0) is 29.4. The number of aliphatic hydroxyl groups is 1. The van der Waals surface area contributed by atoms with Crippen LogP contribution < -0.4 is 15.4 Å². The Balaban J connectivity index is 1.61. The monoisotopic (exact) mass is 584 g/mol. The molecule has 1 unspecified atom stereocenters. The molecule has 3 N–H and O–H groups in total. The van der Waals surface area contributed by atoms with Crippen molar-refractivity contribution in [2.75, 3.05) is 51.8 Å². The summed E-state index contributed by atoms with van der Waals surface area (Å²) in [7, 11) is 3.31. The van der Waals surface area contributed by atoms with E-state index in [0.717, 1.165) is 11.1 Å². The minimum Gasteiger partial charge on any atom is -0.463 e. The third kappa shape index (κ3) is 5.60. The van der Waals surface area contributed by atoms with Crippen molar-refractivity contribution in [3.8, 4) is 6.01 Å². The zero-order valence-electron chi connectivity index (χ0n) is 23.3. The summed E-state index contributed by atoms with van der Waals surface area (Å²) in [6.07, 6.45) is -0.0888. The molecule has 2 heterocycles. The molecule has 12 heteroatoms. The first-order valence-electron chi connectivity index (χ1n) is 13.6. The van der Waals surface area contributed by atoms with Crippen LogP contribution in [0.25, 0.3) is 10.9 Å². The summed E-state index contributed by atoms with van der Waals surface area (Å²) in [5.41, 5.74) is 7.61. The van der Waals surface area contributed by atoms with Gasteiger partial charge in [0.1, 0.15) is 17.9 Å². The number of carbonyl (C=O) groups excluding carboxylic acids is 2. The van der Waals surface area contributed by atoms with Gasteiger partial charge in [0.05, 0.1) is 12.5 Å². The second kappa shape index (κ2) is 11.7. The first-order valence-corrected chi connectivity index (χ1v) is 14.0. The number of piperazine rings is 1. The number of hydrogen-bond donors (Lipinski definition) is 2. The van der Waals surface area contributed by atoms with Crippen molar-refractivity contribution in [3.05, 3.63) is 57.9 Å². The van der Waals surface area contributed by atoms with Gasteiger partial charge in [0, 0.05) is 62.2 Å². The summed E-state index contributed by atoms with van der Waals surface area (Å²) < 4.78 is 22.5. The van der Waals surface area contributed by atoms with Crippen LogP contribution in [-0.2, 0) is 11.2 Å². The normalized spacial score (nSPS) is 20.6. The largest absolute Gasteiger partial charge is 0.463 e. The molecule has 0 spiro atoms. The summed E-state index contributed by atoms with van der Waals surface area (Å²) in [6.45, 7) is 3.47. The summed E-state index contributed by atoms with van der Waals surface area (Å²) in [5.74, 6) is -1.12. The van der Waals surface area contributed by atoms with Crippen LogP contribution in [0.5, 0.6) is 6.01 Å². The smallest absolute Gasteiger partial charge is 0.319 e. The highest BCUT2D eigenvalue weighted by molar-refractivity contribution is 6.32. The third-order valence-electron chi connectivity index (χ3n) is 8.08.